The number of aromatic hydroxyl groups is 1. The van der Waals surface area contributed by atoms with Gasteiger partial charge in [0.05, 0.1) is 11.6 Å². The Bertz CT molecular complexity index is 404. The van der Waals surface area contributed by atoms with Crippen LogP contribution in [0.2, 0.25) is 0 Å². The molecule has 16 heavy (non-hydrogen) atoms. The third-order valence-electron chi connectivity index (χ3n) is 2.42. The molecule has 0 radical (unpaired) electrons. The molecule has 0 heterocycles. The predicted octanol–water partition coefficient (Wildman–Crippen LogP) is 2.73. The summed E-state index contributed by atoms with van der Waals surface area (Å²) in [5, 5.41) is 18.4. The summed E-state index contributed by atoms with van der Waals surface area (Å²) in [5.41, 5.74) is 7.02. The molecule has 1 aromatic rings. The Morgan fingerprint density at radius 2 is 1.94 bits per heavy atom. The lowest BCUT2D eigenvalue weighted by Crippen LogP contribution is -2.26. The van der Waals surface area contributed by atoms with Gasteiger partial charge in [-0.15, -0.1) is 12.4 Å². The van der Waals surface area contributed by atoms with Crippen LogP contribution in [0.3, 0.4) is 0 Å². The fraction of sp³-hybridized carbons (Fsp3) is 0.417. The fourth-order valence-corrected chi connectivity index (χ4v) is 1.34. The van der Waals surface area contributed by atoms with Gasteiger partial charge in [-0.1, -0.05) is 20.8 Å². The van der Waals surface area contributed by atoms with Crippen molar-refractivity contribution in [1.82, 2.24) is 0 Å². The van der Waals surface area contributed by atoms with E-state index in [4.69, 9.17) is 11.0 Å². The van der Waals surface area contributed by atoms with Crippen LogP contribution in [-0.4, -0.2) is 5.11 Å². The quantitative estimate of drug-likeness (QED) is 0.793. The largest absolute Gasteiger partial charge is 0.508 e. The Morgan fingerprint density at radius 1 is 1.38 bits per heavy atom. The highest BCUT2D eigenvalue weighted by atomic mass is 35.5. The lowest BCUT2D eigenvalue weighted by molar-refractivity contribution is 0.317. The van der Waals surface area contributed by atoms with E-state index >= 15 is 0 Å². The van der Waals surface area contributed by atoms with E-state index in [1.165, 1.54) is 6.07 Å². The molecule has 1 aromatic carbocycles. The molecule has 0 spiro atoms. The number of phenolic OH excluding ortho intramolecular Hbond substituents is 1. The first-order valence-corrected chi connectivity index (χ1v) is 4.85. The van der Waals surface area contributed by atoms with Crippen LogP contribution >= 0.6 is 12.4 Å². The summed E-state index contributed by atoms with van der Waals surface area (Å²) in [6.07, 6.45) is 0. The summed E-state index contributed by atoms with van der Waals surface area (Å²) in [6, 6.07) is 6.48. The summed E-state index contributed by atoms with van der Waals surface area (Å²) in [7, 11) is 0. The first kappa shape index (κ1) is 14.8. The van der Waals surface area contributed by atoms with Gasteiger partial charge in [0, 0.05) is 11.6 Å². The van der Waals surface area contributed by atoms with Gasteiger partial charge >= 0.3 is 0 Å². The maximum Gasteiger partial charge on any atom is 0.120 e. The number of nitrogens with two attached hydrogens (primary N) is 1. The number of phenols is 1. The molecule has 0 aliphatic heterocycles. The van der Waals surface area contributed by atoms with Crippen LogP contribution in [0.15, 0.2) is 18.2 Å². The molecule has 0 aromatic heterocycles. The van der Waals surface area contributed by atoms with Crippen molar-refractivity contribution in [2.45, 2.75) is 26.8 Å². The molecule has 1 atom stereocenters. The molecular formula is C12H17ClN2O. The third-order valence-corrected chi connectivity index (χ3v) is 2.42. The van der Waals surface area contributed by atoms with Crippen molar-refractivity contribution < 1.29 is 5.11 Å². The van der Waals surface area contributed by atoms with Crippen molar-refractivity contribution in [1.29, 1.82) is 5.26 Å². The molecule has 0 fully saturated rings. The highest BCUT2D eigenvalue weighted by Gasteiger charge is 2.24. The first-order chi connectivity index (χ1) is 6.86. The van der Waals surface area contributed by atoms with Gasteiger partial charge in [0.15, 0.2) is 0 Å². The number of halogens is 1. The summed E-state index contributed by atoms with van der Waals surface area (Å²) < 4.78 is 0. The molecule has 88 valence electrons. The van der Waals surface area contributed by atoms with Gasteiger partial charge < -0.3 is 10.8 Å². The second-order valence-electron chi connectivity index (χ2n) is 4.73. The second-order valence-corrected chi connectivity index (χ2v) is 4.73. The van der Waals surface area contributed by atoms with Crippen LogP contribution < -0.4 is 5.73 Å². The van der Waals surface area contributed by atoms with E-state index in [0.29, 0.717) is 11.1 Å². The van der Waals surface area contributed by atoms with Gasteiger partial charge in [-0.25, -0.2) is 0 Å². The Morgan fingerprint density at radius 3 is 2.38 bits per heavy atom. The van der Waals surface area contributed by atoms with Crippen molar-refractivity contribution in [3.05, 3.63) is 29.3 Å². The molecule has 0 aliphatic rings. The lowest BCUT2D eigenvalue weighted by Gasteiger charge is -2.27. The molecule has 0 unspecified atom stereocenters. The number of hydrogen-bond donors (Lipinski definition) is 2. The van der Waals surface area contributed by atoms with Crippen molar-refractivity contribution in [2.24, 2.45) is 11.1 Å². The van der Waals surface area contributed by atoms with E-state index in [2.05, 4.69) is 0 Å². The molecule has 0 bridgehead atoms. The zero-order chi connectivity index (χ0) is 11.6. The number of hydrogen-bond acceptors (Lipinski definition) is 3. The average molecular weight is 241 g/mol. The molecule has 0 saturated heterocycles. The van der Waals surface area contributed by atoms with E-state index in [1.54, 1.807) is 12.1 Å². The van der Waals surface area contributed by atoms with Gasteiger partial charge in [0.2, 0.25) is 0 Å². The molecular weight excluding hydrogens is 224 g/mol. The summed E-state index contributed by atoms with van der Waals surface area (Å²) in [6.45, 7) is 5.99. The minimum absolute atomic E-state index is 0. The van der Waals surface area contributed by atoms with Gasteiger partial charge in [-0.05, 0) is 23.6 Å². The Labute approximate surface area is 102 Å². The molecule has 3 N–H and O–H groups in total. The number of nitrogens with zero attached hydrogens (tertiary/aromatic N) is 1. The minimum atomic E-state index is -0.286. The number of rotatable bonds is 1. The Balaban J connectivity index is 0.00000225. The summed E-state index contributed by atoms with van der Waals surface area (Å²) in [5.74, 6) is 0.149. The van der Waals surface area contributed by atoms with Crippen LogP contribution in [0.25, 0.3) is 0 Å². The van der Waals surface area contributed by atoms with Gasteiger partial charge in [0.1, 0.15) is 5.75 Å². The standard InChI is InChI=1S/C12H16N2O.ClH/c1-12(2,3)11(14)9-6-8(7-13)4-5-10(9)15;/h4-6,11,15H,14H2,1-3H3;1H/t11-;/m0./s1. The van der Waals surface area contributed by atoms with Crippen LogP contribution in [0.5, 0.6) is 5.75 Å². The summed E-state index contributed by atoms with van der Waals surface area (Å²) >= 11 is 0. The van der Waals surface area contributed by atoms with Crippen LogP contribution in [0.4, 0.5) is 0 Å². The maximum atomic E-state index is 9.67. The zero-order valence-electron chi connectivity index (χ0n) is 9.69. The molecule has 3 nitrogen and oxygen atoms in total. The van der Waals surface area contributed by atoms with Crippen LogP contribution in [-0.2, 0) is 0 Å². The van der Waals surface area contributed by atoms with E-state index in [-0.39, 0.29) is 29.6 Å². The number of nitriles is 1. The SMILES string of the molecule is CC(C)(C)[C@@H](N)c1cc(C#N)ccc1O.Cl. The Hall–Kier alpha value is -1.24. The number of benzene rings is 1. The van der Waals surface area contributed by atoms with Crippen LogP contribution in [0.1, 0.15) is 37.9 Å². The minimum Gasteiger partial charge on any atom is -0.508 e. The topological polar surface area (TPSA) is 70.0 Å². The molecule has 0 saturated carbocycles. The molecule has 0 amide bonds. The third kappa shape index (κ3) is 3.13. The maximum absolute atomic E-state index is 9.67. The van der Waals surface area contributed by atoms with Crippen molar-refractivity contribution in [3.8, 4) is 11.8 Å². The van der Waals surface area contributed by atoms with E-state index < -0.39 is 0 Å². The monoisotopic (exact) mass is 240 g/mol. The van der Waals surface area contributed by atoms with Crippen molar-refractivity contribution >= 4 is 12.4 Å². The van der Waals surface area contributed by atoms with Crippen molar-refractivity contribution in [2.75, 3.05) is 0 Å². The highest BCUT2D eigenvalue weighted by molar-refractivity contribution is 5.85. The Kier molecular flexibility index (Phi) is 4.80. The molecule has 4 heteroatoms. The van der Waals surface area contributed by atoms with E-state index in [1.807, 2.05) is 26.8 Å². The predicted molar refractivity (Wildman–Crippen MR) is 66.5 cm³/mol. The summed E-state index contributed by atoms with van der Waals surface area (Å²) in [4.78, 5) is 0. The smallest absolute Gasteiger partial charge is 0.120 e. The van der Waals surface area contributed by atoms with Gasteiger partial charge in [-0.2, -0.15) is 5.26 Å². The zero-order valence-corrected chi connectivity index (χ0v) is 10.5. The van der Waals surface area contributed by atoms with Gasteiger partial charge in [-0.3, -0.25) is 0 Å². The molecule has 0 aliphatic carbocycles. The second kappa shape index (κ2) is 5.20. The highest BCUT2D eigenvalue weighted by Crippen LogP contribution is 2.35. The normalized spacial score (nSPS) is 12.4. The van der Waals surface area contributed by atoms with Gasteiger partial charge in [0.25, 0.3) is 0 Å². The average Bonchev–Trinajstić information content (AvgIpc) is 2.16. The first-order valence-electron chi connectivity index (χ1n) is 4.85. The fourth-order valence-electron chi connectivity index (χ4n) is 1.34. The van der Waals surface area contributed by atoms with E-state index in [0.717, 1.165) is 0 Å². The molecule has 1 rings (SSSR count). The van der Waals surface area contributed by atoms with E-state index in [9.17, 15) is 5.11 Å². The van der Waals surface area contributed by atoms with Crippen molar-refractivity contribution in [3.63, 3.8) is 0 Å². The van der Waals surface area contributed by atoms with Crippen LogP contribution in [0, 0.1) is 16.7 Å². The lowest BCUT2D eigenvalue weighted by atomic mass is 9.82.